The Morgan fingerprint density at radius 2 is 0.440 bits per heavy atom. The molecule has 0 saturated carbocycles. The number of carbonyl (C=O) groups excluding carboxylic acids is 3. The van der Waals surface area contributed by atoms with Crippen LogP contribution in [0.2, 0.25) is 0 Å². The monoisotopic (exact) mass is 1050 g/mol. The van der Waals surface area contributed by atoms with Gasteiger partial charge in [-0.3, -0.25) is 14.4 Å². The van der Waals surface area contributed by atoms with Crippen molar-refractivity contribution >= 4 is 17.9 Å². The molecule has 0 fully saturated rings. The fraction of sp³-hybridized carbons (Fsp3) is 0.899. The number of carbonyl (C=O) groups is 3. The fourth-order valence-electron chi connectivity index (χ4n) is 10.3. The van der Waals surface area contributed by atoms with Crippen molar-refractivity contribution < 1.29 is 28.6 Å². The molecule has 0 aromatic carbocycles. The van der Waals surface area contributed by atoms with Gasteiger partial charge in [-0.15, -0.1) is 0 Å². The molecule has 0 aliphatic rings. The van der Waals surface area contributed by atoms with E-state index in [1.54, 1.807) is 0 Å². The molecule has 0 amide bonds. The highest BCUT2D eigenvalue weighted by atomic mass is 16.6. The Bertz CT molecular complexity index is 1210. The van der Waals surface area contributed by atoms with E-state index in [2.05, 4.69) is 45.1 Å². The molecule has 6 heteroatoms. The van der Waals surface area contributed by atoms with Gasteiger partial charge in [0.25, 0.3) is 0 Å². The highest BCUT2D eigenvalue weighted by Gasteiger charge is 2.19. The molecule has 0 aromatic rings. The zero-order valence-electron chi connectivity index (χ0n) is 50.8. The molecule has 75 heavy (non-hydrogen) atoms. The zero-order valence-corrected chi connectivity index (χ0v) is 50.8. The number of unbranched alkanes of at least 4 members (excludes halogenated alkanes) is 48. The molecule has 0 N–H and O–H groups in total. The smallest absolute Gasteiger partial charge is 0.306 e. The summed E-state index contributed by atoms with van der Waals surface area (Å²) in [5.74, 6) is -0.848. The second-order valence-corrected chi connectivity index (χ2v) is 23.1. The van der Waals surface area contributed by atoms with Crippen molar-refractivity contribution in [3.63, 3.8) is 0 Å². The molecule has 0 radical (unpaired) electrons. The molecule has 0 rings (SSSR count). The molecule has 0 aromatic heterocycles. The Morgan fingerprint density at radius 1 is 0.253 bits per heavy atom. The molecule has 0 bridgehead atoms. The van der Waals surface area contributed by atoms with Crippen LogP contribution < -0.4 is 0 Å². The number of hydrogen-bond acceptors (Lipinski definition) is 6. The first-order valence-electron chi connectivity index (χ1n) is 33.8. The Morgan fingerprint density at radius 3 is 0.667 bits per heavy atom. The van der Waals surface area contributed by atoms with Gasteiger partial charge in [0.15, 0.2) is 6.10 Å². The third-order valence-electron chi connectivity index (χ3n) is 15.4. The summed E-state index contributed by atoms with van der Waals surface area (Å²) < 4.78 is 16.9. The van der Waals surface area contributed by atoms with E-state index in [1.165, 1.54) is 283 Å². The maximum absolute atomic E-state index is 12.9. The molecule has 0 aliphatic heterocycles. The third kappa shape index (κ3) is 62.6. The van der Waals surface area contributed by atoms with E-state index in [9.17, 15) is 14.4 Å². The first kappa shape index (κ1) is 72.9. The summed E-state index contributed by atoms with van der Waals surface area (Å²) in [7, 11) is 0. The Balaban J connectivity index is 4.05. The second-order valence-electron chi connectivity index (χ2n) is 23.1. The summed E-state index contributed by atoms with van der Waals surface area (Å²) in [6.07, 6.45) is 78.0. The maximum Gasteiger partial charge on any atom is 0.306 e. The third-order valence-corrected chi connectivity index (χ3v) is 15.4. The highest BCUT2D eigenvalue weighted by molar-refractivity contribution is 5.71. The van der Waals surface area contributed by atoms with E-state index >= 15 is 0 Å². The van der Waals surface area contributed by atoms with Crippen molar-refractivity contribution in [2.45, 2.75) is 386 Å². The molecule has 442 valence electrons. The van der Waals surface area contributed by atoms with Crippen molar-refractivity contribution in [3.05, 3.63) is 24.3 Å². The van der Waals surface area contributed by atoms with Gasteiger partial charge in [0.1, 0.15) is 13.2 Å². The van der Waals surface area contributed by atoms with Gasteiger partial charge in [0.05, 0.1) is 0 Å². The van der Waals surface area contributed by atoms with Crippen molar-refractivity contribution in [1.82, 2.24) is 0 Å². The van der Waals surface area contributed by atoms with Crippen LogP contribution in [0.25, 0.3) is 0 Å². The molecule has 1 unspecified atom stereocenters. The summed E-state index contributed by atoms with van der Waals surface area (Å²) in [4.78, 5) is 38.1. The predicted octanol–water partition coefficient (Wildman–Crippen LogP) is 23.0. The average molecular weight is 1060 g/mol. The summed E-state index contributed by atoms with van der Waals surface area (Å²) >= 11 is 0. The lowest BCUT2D eigenvalue weighted by Gasteiger charge is -2.18. The topological polar surface area (TPSA) is 78.9 Å². The van der Waals surface area contributed by atoms with Gasteiger partial charge in [0.2, 0.25) is 0 Å². The Kier molecular flexibility index (Phi) is 62.6. The highest BCUT2D eigenvalue weighted by Crippen LogP contribution is 2.18. The van der Waals surface area contributed by atoms with Gasteiger partial charge in [-0.25, -0.2) is 0 Å². The standard InChI is InChI=1S/C69H130O6/c1-4-7-10-13-16-18-20-22-24-26-28-30-32-34-36-38-40-42-44-46-48-50-53-56-59-62-68(71)74-65-66(64-73-67(70)61-58-55-52-15-12-9-6-3)75-69(72)63-60-57-54-51-49-47-45-43-41-39-37-35-33-31-29-27-25-23-21-19-17-14-11-8-5-2/h26-29,66H,4-25,30-65H2,1-3H3/b28-26-,29-27-. The van der Waals surface area contributed by atoms with E-state index in [-0.39, 0.29) is 31.1 Å². The molecular formula is C69H130O6. The fourth-order valence-corrected chi connectivity index (χ4v) is 10.3. The van der Waals surface area contributed by atoms with E-state index in [1.807, 2.05) is 0 Å². The minimum absolute atomic E-state index is 0.0663. The lowest BCUT2D eigenvalue weighted by molar-refractivity contribution is -0.167. The Hall–Kier alpha value is -2.11. The summed E-state index contributed by atoms with van der Waals surface area (Å²) in [6.45, 7) is 6.66. The van der Waals surface area contributed by atoms with E-state index in [0.717, 1.165) is 57.8 Å². The van der Waals surface area contributed by atoms with Crippen molar-refractivity contribution in [1.29, 1.82) is 0 Å². The lowest BCUT2D eigenvalue weighted by Crippen LogP contribution is -2.30. The SMILES string of the molecule is CCCCCCCCCC/C=C\CCCCCCCCCCCCCCCC(=O)OCC(COC(=O)CCCCCCCCC)OC(=O)CCCCCCCCCCCCCCC/C=C\CCCCCCCCCC. The largest absolute Gasteiger partial charge is 0.462 e. The van der Waals surface area contributed by atoms with E-state index < -0.39 is 6.10 Å². The maximum atomic E-state index is 12.9. The van der Waals surface area contributed by atoms with Crippen LogP contribution in [0.4, 0.5) is 0 Å². The second kappa shape index (κ2) is 64.4. The summed E-state index contributed by atoms with van der Waals surface area (Å²) in [5, 5.41) is 0. The number of allylic oxidation sites excluding steroid dienone is 4. The predicted molar refractivity (Wildman–Crippen MR) is 326 cm³/mol. The van der Waals surface area contributed by atoms with Gasteiger partial charge in [-0.1, -0.05) is 315 Å². The van der Waals surface area contributed by atoms with Gasteiger partial charge < -0.3 is 14.2 Å². The zero-order chi connectivity index (χ0) is 54.3. The van der Waals surface area contributed by atoms with Crippen LogP contribution in [0.5, 0.6) is 0 Å². The molecule has 0 spiro atoms. The number of rotatable bonds is 63. The van der Waals surface area contributed by atoms with Crippen molar-refractivity contribution in [2.24, 2.45) is 0 Å². The van der Waals surface area contributed by atoms with Crippen LogP contribution >= 0.6 is 0 Å². The van der Waals surface area contributed by atoms with Crippen LogP contribution in [0.1, 0.15) is 380 Å². The number of esters is 3. The van der Waals surface area contributed by atoms with Gasteiger partial charge >= 0.3 is 17.9 Å². The molecule has 0 aliphatic carbocycles. The normalized spacial score (nSPS) is 12.1. The van der Waals surface area contributed by atoms with Gasteiger partial charge in [-0.05, 0) is 70.6 Å². The number of hydrogen-bond donors (Lipinski definition) is 0. The summed E-state index contributed by atoms with van der Waals surface area (Å²) in [5.41, 5.74) is 0. The lowest BCUT2D eigenvalue weighted by atomic mass is 10.0. The van der Waals surface area contributed by atoms with Crippen LogP contribution in [-0.2, 0) is 28.6 Å². The molecule has 1 atom stereocenters. The first-order chi connectivity index (χ1) is 37.0. The molecule has 0 saturated heterocycles. The quantitative estimate of drug-likeness (QED) is 0.0261. The molecular weight excluding hydrogens is 925 g/mol. The molecule has 0 heterocycles. The first-order valence-corrected chi connectivity index (χ1v) is 33.8. The number of ether oxygens (including phenoxy) is 3. The van der Waals surface area contributed by atoms with Gasteiger partial charge in [0, 0.05) is 19.3 Å². The molecule has 6 nitrogen and oxygen atoms in total. The van der Waals surface area contributed by atoms with Crippen LogP contribution in [0.15, 0.2) is 24.3 Å². The van der Waals surface area contributed by atoms with Crippen molar-refractivity contribution in [2.75, 3.05) is 13.2 Å². The van der Waals surface area contributed by atoms with E-state index in [4.69, 9.17) is 14.2 Å². The van der Waals surface area contributed by atoms with Crippen LogP contribution in [0.3, 0.4) is 0 Å². The van der Waals surface area contributed by atoms with Crippen LogP contribution in [0, 0.1) is 0 Å². The van der Waals surface area contributed by atoms with E-state index in [0.29, 0.717) is 19.3 Å². The summed E-state index contributed by atoms with van der Waals surface area (Å²) in [6, 6.07) is 0. The minimum atomic E-state index is -0.766. The van der Waals surface area contributed by atoms with Gasteiger partial charge in [-0.2, -0.15) is 0 Å². The minimum Gasteiger partial charge on any atom is -0.462 e. The van der Waals surface area contributed by atoms with Crippen LogP contribution in [-0.4, -0.2) is 37.2 Å². The average Bonchev–Trinajstić information content (AvgIpc) is 3.41. The van der Waals surface area contributed by atoms with Crippen molar-refractivity contribution in [3.8, 4) is 0 Å². The Labute approximate surface area is 468 Å².